The molecule has 102 valence electrons. The van der Waals surface area contributed by atoms with Crippen molar-refractivity contribution in [2.75, 3.05) is 0 Å². The van der Waals surface area contributed by atoms with E-state index in [4.69, 9.17) is 22.2 Å². The highest BCUT2D eigenvalue weighted by atomic mass is 35.7. The third-order valence-corrected chi connectivity index (χ3v) is 5.54. The van der Waals surface area contributed by atoms with E-state index < -0.39 is 6.69 Å². The number of halogens is 2. The minimum absolute atomic E-state index is 1.04. The van der Waals surface area contributed by atoms with Crippen molar-refractivity contribution < 1.29 is 0 Å². The van der Waals surface area contributed by atoms with Gasteiger partial charge in [0.05, 0.1) is 0 Å². The Labute approximate surface area is 122 Å². The summed E-state index contributed by atoms with van der Waals surface area (Å²) in [7, 11) is 0. The van der Waals surface area contributed by atoms with E-state index >= 15 is 0 Å². The molecule has 0 amide bonds. The second-order valence-electron chi connectivity index (χ2n) is 5.18. The monoisotopic (exact) mass is 302 g/mol. The molecule has 0 heterocycles. The molecule has 0 aromatic heterocycles. The quantitative estimate of drug-likeness (QED) is 0.293. The smallest absolute Gasteiger partial charge is 0.146 e. The maximum Gasteiger partial charge on any atom is 0.248 e. The van der Waals surface area contributed by atoms with E-state index in [1.54, 1.807) is 0 Å². The average molecular weight is 303 g/mol. The Kier molecular flexibility index (Phi) is 8.04. The Morgan fingerprint density at radius 1 is 0.833 bits per heavy atom. The molecule has 1 aromatic rings. The fraction of sp³-hybridized carbons (Fsp3) is 0.600. The SMILES string of the molecule is C[Si](Cl)(Cl)CCCCCCCCc1ccccc1. The molecule has 18 heavy (non-hydrogen) atoms. The zero-order valence-electron chi connectivity index (χ0n) is 11.3. The molecular formula is C15H24Cl2Si. The van der Waals surface area contributed by atoms with Gasteiger partial charge in [-0.1, -0.05) is 62.4 Å². The summed E-state index contributed by atoms with van der Waals surface area (Å²) in [5, 5.41) is 0. The van der Waals surface area contributed by atoms with Gasteiger partial charge in [0.25, 0.3) is 0 Å². The van der Waals surface area contributed by atoms with Gasteiger partial charge in [-0.05, 0) is 31.0 Å². The summed E-state index contributed by atoms with van der Waals surface area (Å²) in [6, 6.07) is 11.8. The van der Waals surface area contributed by atoms with Crippen LogP contribution in [0.4, 0.5) is 0 Å². The van der Waals surface area contributed by atoms with Crippen molar-refractivity contribution in [2.24, 2.45) is 0 Å². The molecule has 0 atom stereocenters. The molecule has 0 spiro atoms. The van der Waals surface area contributed by atoms with Crippen LogP contribution in [-0.4, -0.2) is 6.69 Å². The highest BCUT2D eigenvalue weighted by molar-refractivity contribution is 7.44. The maximum absolute atomic E-state index is 6.07. The van der Waals surface area contributed by atoms with Crippen molar-refractivity contribution >= 4 is 28.9 Å². The number of hydrogen-bond acceptors (Lipinski definition) is 0. The lowest BCUT2D eigenvalue weighted by Gasteiger charge is -2.09. The van der Waals surface area contributed by atoms with E-state index in [9.17, 15) is 0 Å². The van der Waals surface area contributed by atoms with Crippen molar-refractivity contribution in [3.63, 3.8) is 0 Å². The van der Waals surface area contributed by atoms with Crippen LogP contribution in [0.2, 0.25) is 12.6 Å². The minimum Gasteiger partial charge on any atom is -0.146 e. The number of hydrogen-bond donors (Lipinski definition) is 0. The van der Waals surface area contributed by atoms with Gasteiger partial charge < -0.3 is 0 Å². The van der Waals surface area contributed by atoms with Gasteiger partial charge in [0, 0.05) is 0 Å². The van der Waals surface area contributed by atoms with Crippen LogP contribution in [-0.2, 0) is 6.42 Å². The van der Waals surface area contributed by atoms with Crippen LogP contribution < -0.4 is 0 Å². The molecule has 0 N–H and O–H groups in total. The van der Waals surface area contributed by atoms with E-state index in [1.807, 2.05) is 6.55 Å². The maximum atomic E-state index is 6.07. The van der Waals surface area contributed by atoms with Gasteiger partial charge in [0.1, 0.15) is 0 Å². The zero-order valence-corrected chi connectivity index (χ0v) is 13.8. The summed E-state index contributed by atoms with van der Waals surface area (Å²) in [4.78, 5) is 0. The third kappa shape index (κ3) is 9.01. The first-order valence-electron chi connectivity index (χ1n) is 7.00. The fourth-order valence-electron chi connectivity index (χ4n) is 2.12. The Hall–Kier alpha value is 0.0169. The van der Waals surface area contributed by atoms with Crippen molar-refractivity contribution in [3.05, 3.63) is 35.9 Å². The standard InChI is InChI=1S/C15H24Cl2Si/c1-18(16,17)14-10-5-3-2-4-7-11-15-12-8-6-9-13-15/h6,8-9,12-13H,2-5,7,10-11,14H2,1H3. The van der Waals surface area contributed by atoms with Crippen molar-refractivity contribution in [2.45, 2.75) is 57.5 Å². The predicted molar refractivity (Wildman–Crippen MR) is 86.0 cm³/mol. The highest BCUT2D eigenvalue weighted by Gasteiger charge is 2.19. The van der Waals surface area contributed by atoms with Crippen LogP contribution in [0.3, 0.4) is 0 Å². The Morgan fingerprint density at radius 3 is 2.00 bits per heavy atom. The Bertz CT molecular complexity index is 306. The van der Waals surface area contributed by atoms with Crippen LogP contribution in [0.5, 0.6) is 0 Å². The zero-order chi connectivity index (χ0) is 13.3. The first-order valence-corrected chi connectivity index (χ1v) is 11.7. The Balaban J connectivity index is 1.90. The average Bonchev–Trinajstić information content (AvgIpc) is 2.32. The lowest BCUT2D eigenvalue weighted by atomic mass is 10.1. The van der Waals surface area contributed by atoms with Gasteiger partial charge in [-0.2, -0.15) is 0 Å². The third-order valence-electron chi connectivity index (χ3n) is 3.17. The van der Waals surface area contributed by atoms with E-state index in [0.717, 1.165) is 6.04 Å². The highest BCUT2D eigenvalue weighted by Crippen LogP contribution is 2.23. The molecule has 0 fully saturated rings. The summed E-state index contributed by atoms with van der Waals surface area (Å²) in [5.41, 5.74) is 1.46. The molecule has 0 saturated heterocycles. The normalized spacial score (nSPS) is 11.7. The largest absolute Gasteiger partial charge is 0.248 e. The lowest BCUT2D eigenvalue weighted by molar-refractivity contribution is 0.606. The molecule has 0 aliphatic carbocycles. The van der Waals surface area contributed by atoms with Gasteiger partial charge in [0.2, 0.25) is 6.69 Å². The topological polar surface area (TPSA) is 0 Å². The molecule has 0 radical (unpaired) electrons. The van der Waals surface area contributed by atoms with Crippen molar-refractivity contribution in [3.8, 4) is 0 Å². The summed E-state index contributed by atoms with van der Waals surface area (Å²) < 4.78 is 0. The second kappa shape index (κ2) is 9.01. The number of rotatable bonds is 9. The van der Waals surface area contributed by atoms with Gasteiger partial charge in [-0.3, -0.25) is 0 Å². The number of aryl methyl sites for hydroxylation is 1. The molecule has 0 bridgehead atoms. The molecule has 0 saturated carbocycles. The molecule has 0 aliphatic heterocycles. The molecule has 0 nitrogen and oxygen atoms in total. The predicted octanol–water partition coefficient (Wildman–Crippen LogP) is 6.12. The van der Waals surface area contributed by atoms with E-state index in [2.05, 4.69) is 30.3 Å². The van der Waals surface area contributed by atoms with Gasteiger partial charge in [-0.25, -0.2) is 0 Å². The van der Waals surface area contributed by atoms with Crippen LogP contribution >= 0.6 is 22.2 Å². The van der Waals surface area contributed by atoms with Gasteiger partial charge in [-0.15, -0.1) is 22.2 Å². The minimum atomic E-state index is -1.83. The van der Waals surface area contributed by atoms with Gasteiger partial charge >= 0.3 is 0 Å². The molecule has 0 aliphatic rings. The van der Waals surface area contributed by atoms with Crippen molar-refractivity contribution in [1.29, 1.82) is 0 Å². The van der Waals surface area contributed by atoms with Crippen molar-refractivity contribution in [1.82, 2.24) is 0 Å². The number of benzene rings is 1. The lowest BCUT2D eigenvalue weighted by Crippen LogP contribution is -2.11. The molecule has 1 rings (SSSR count). The number of unbranched alkanes of at least 4 members (excludes halogenated alkanes) is 5. The summed E-state index contributed by atoms with van der Waals surface area (Å²) in [5.74, 6) is 0. The molecule has 1 aromatic carbocycles. The fourth-order valence-corrected chi connectivity index (χ4v) is 3.79. The molecule has 3 heteroatoms. The van der Waals surface area contributed by atoms with E-state index in [0.29, 0.717) is 0 Å². The first kappa shape index (κ1) is 16.1. The summed E-state index contributed by atoms with van der Waals surface area (Å²) >= 11 is 12.1. The van der Waals surface area contributed by atoms with Crippen LogP contribution in [0, 0.1) is 0 Å². The summed E-state index contributed by atoms with van der Waals surface area (Å²) in [6.07, 6.45) is 9.02. The molecule has 0 unspecified atom stereocenters. The Morgan fingerprint density at radius 2 is 1.39 bits per heavy atom. The van der Waals surface area contributed by atoms with Crippen LogP contribution in [0.15, 0.2) is 30.3 Å². The van der Waals surface area contributed by atoms with Crippen LogP contribution in [0.25, 0.3) is 0 Å². The van der Waals surface area contributed by atoms with Crippen LogP contribution in [0.1, 0.15) is 44.1 Å². The second-order valence-corrected chi connectivity index (χ2v) is 13.4. The first-order chi connectivity index (χ1) is 8.58. The van der Waals surface area contributed by atoms with E-state index in [-0.39, 0.29) is 0 Å². The van der Waals surface area contributed by atoms with E-state index in [1.165, 1.54) is 50.5 Å². The molecular weight excluding hydrogens is 279 g/mol. The van der Waals surface area contributed by atoms with Gasteiger partial charge in [0.15, 0.2) is 0 Å². The summed E-state index contributed by atoms with van der Waals surface area (Å²) in [6.45, 7) is 0.178.